The van der Waals surface area contributed by atoms with Crippen molar-refractivity contribution in [2.75, 3.05) is 24.3 Å². The highest BCUT2D eigenvalue weighted by Gasteiger charge is 2.26. The van der Waals surface area contributed by atoms with Crippen molar-refractivity contribution in [3.63, 3.8) is 0 Å². The zero-order valence-electron chi connectivity index (χ0n) is 18.7. The number of rotatable bonds is 6. The maximum atomic E-state index is 5.16. The van der Waals surface area contributed by atoms with E-state index in [1.807, 2.05) is 43.6 Å². The van der Waals surface area contributed by atoms with Gasteiger partial charge in [-0.1, -0.05) is 6.07 Å². The summed E-state index contributed by atoms with van der Waals surface area (Å²) in [5, 5.41) is 19.9. The summed E-state index contributed by atoms with van der Waals surface area (Å²) in [6.07, 6.45) is 6.11. The second kappa shape index (κ2) is 8.10. The Hall–Kier alpha value is -4.54. The molecule has 0 spiro atoms. The fraction of sp³-hybridized carbons (Fsp3) is 0.217. The van der Waals surface area contributed by atoms with Crippen LogP contribution in [-0.2, 0) is 13.5 Å². The number of pyridine rings is 2. The van der Waals surface area contributed by atoms with Crippen molar-refractivity contribution in [2.24, 2.45) is 7.05 Å². The van der Waals surface area contributed by atoms with Crippen molar-refractivity contribution in [2.45, 2.75) is 12.3 Å². The highest BCUT2D eigenvalue weighted by atomic mass is 16.5. The largest absolute Gasteiger partial charge is 0.481 e. The second-order valence-corrected chi connectivity index (χ2v) is 8.10. The van der Waals surface area contributed by atoms with Gasteiger partial charge in [-0.05, 0) is 30.2 Å². The van der Waals surface area contributed by atoms with E-state index in [1.165, 1.54) is 0 Å². The van der Waals surface area contributed by atoms with Gasteiger partial charge in [0.1, 0.15) is 17.5 Å². The van der Waals surface area contributed by atoms with Crippen LogP contribution in [0.15, 0.2) is 55.0 Å². The van der Waals surface area contributed by atoms with Crippen LogP contribution in [-0.4, -0.2) is 53.0 Å². The lowest BCUT2D eigenvalue weighted by Gasteiger charge is -2.24. The normalized spacial score (nSPS) is 14.7. The minimum absolute atomic E-state index is 0.178. The smallest absolute Gasteiger partial charge is 0.228 e. The summed E-state index contributed by atoms with van der Waals surface area (Å²) in [7, 11) is 3.47. The third-order valence-electron chi connectivity index (χ3n) is 5.93. The summed E-state index contributed by atoms with van der Waals surface area (Å²) < 4.78 is 8.96. The number of hydrogen-bond donors (Lipinski definition) is 2. The number of hydrogen-bond acceptors (Lipinski definition) is 9. The van der Waals surface area contributed by atoms with Crippen molar-refractivity contribution in [1.82, 2.24) is 39.3 Å². The Kier molecular flexibility index (Phi) is 4.79. The van der Waals surface area contributed by atoms with Gasteiger partial charge < -0.3 is 15.4 Å². The first kappa shape index (κ1) is 20.1. The summed E-state index contributed by atoms with van der Waals surface area (Å²) in [6.45, 7) is 0.750. The van der Waals surface area contributed by atoms with E-state index in [0.29, 0.717) is 11.8 Å². The van der Waals surface area contributed by atoms with E-state index >= 15 is 0 Å². The average molecular weight is 454 g/mol. The molecule has 1 atom stereocenters. The quantitative estimate of drug-likeness (QED) is 0.399. The molecule has 0 fully saturated rings. The fourth-order valence-electron chi connectivity index (χ4n) is 4.19. The molecule has 2 N–H and O–H groups in total. The van der Waals surface area contributed by atoms with Gasteiger partial charge in [-0.3, -0.25) is 9.08 Å². The molecule has 0 aliphatic carbocycles. The molecule has 11 nitrogen and oxygen atoms in total. The molecule has 6 heterocycles. The fourth-order valence-corrected chi connectivity index (χ4v) is 4.19. The molecule has 0 unspecified atom stereocenters. The summed E-state index contributed by atoms with van der Waals surface area (Å²) in [5.74, 6) is 3.97. The molecule has 0 saturated heterocycles. The topological polar surface area (TPSA) is 120 Å². The molecule has 0 amide bonds. The van der Waals surface area contributed by atoms with Crippen molar-refractivity contribution < 1.29 is 4.74 Å². The summed E-state index contributed by atoms with van der Waals surface area (Å²) >= 11 is 0. The van der Waals surface area contributed by atoms with Crippen LogP contribution >= 0.6 is 0 Å². The summed E-state index contributed by atoms with van der Waals surface area (Å²) in [6, 6.07) is 11.7. The number of methoxy groups -OCH3 is 1. The Morgan fingerprint density at radius 2 is 2.06 bits per heavy atom. The highest BCUT2D eigenvalue weighted by Crippen LogP contribution is 2.32. The van der Waals surface area contributed by atoms with Gasteiger partial charge in [-0.15, -0.1) is 10.2 Å². The standard InChI is InChI=1S/C23H22N10O/c1-32-18(6-8-27-32)29-23-24-7-5-17(28-23)15-10-19-25-13-16(22-31-30-20(11-15)33(19)22)9-14-3-4-21(34-2)26-12-14/h3-8,10-12,16,25H,9,13H2,1-2H3,(H,24,28,29)/t16-/m1/s1. The van der Waals surface area contributed by atoms with Gasteiger partial charge in [0.25, 0.3) is 0 Å². The molecule has 5 aromatic heterocycles. The van der Waals surface area contributed by atoms with Crippen LogP contribution in [0.4, 0.5) is 17.6 Å². The lowest BCUT2D eigenvalue weighted by molar-refractivity contribution is 0.397. The molecule has 5 aromatic rings. The van der Waals surface area contributed by atoms with Crippen LogP contribution in [0.2, 0.25) is 0 Å². The minimum Gasteiger partial charge on any atom is -0.481 e. The van der Waals surface area contributed by atoms with Crippen molar-refractivity contribution in [1.29, 1.82) is 0 Å². The zero-order valence-corrected chi connectivity index (χ0v) is 18.7. The first-order valence-corrected chi connectivity index (χ1v) is 10.9. The van der Waals surface area contributed by atoms with Crippen LogP contribution in [0.25, 0.3) is 16.9 Å². The van der Waals surface area contributed by atoms with Crippen LogP contribution in [0.1, 0.15) is 17.3 Å². The molecule has 0 bridgehead atoms. The van der Waals surface area contributed by atoms with Crippen LogP contribution < -0.4 is 15.4 Å². The van der Waals surface area contributed by atoms with E-state index in [4.69, 9.17) is 4.74 Å². The van der Waals surface area contributed by atoms with Crippen LogP contribution in [0, 0.1) is 0 Å². The van der Waals surface area contributed by atoms with Crippen LogP contribution in [0.3, 0.4) is 0 Å². The lowest BCUT2D eigenvalue weighted by atomic mass is 9.98. The molecule has 170 valence electrons. The third kappa shape index (κ3) is 3.56. The van der Waals surface area contributed by atoms with E-state index in [1.54, 1.807) is 24.2 Å². The Labute approximate surface area is 194 Å². The number of aryl methyl sites for hydroxylation is 1. The maximum Gasteiger partial charge on any atom is 0.228 e. The number of aromatic nitrogens is 8. The van der Waals surface area contributed by atoms with Crippen molar-refractivity contribution in [3.8, 4) is 17.1 Å². The predicted molar refractivity (Wildman–Crippen MR) is 126 cm³/mol. The molecule has 0 saturated carbocycles. The van der Waals surface area contributed by atoms with Gasteiger partial charge in [0, 0.05) is 49.6 Å². The third-order valence-corrected chi connectivity index (χ3v) is 5.93. The number of anilines is 3. The van der Waals surface area contributed by atoms with Crippen LogP contribution in [0.5, 0.6) is 5.88 Å². The molecule has 0 radical (unpaired) electrons. The minimum atomic E-state index is 0.178. The van der Waals surface area contributed by atoms with E-state index in [2.05, 4.69) is 51.3 Å². The Morgan fingerprint density at radius 3 is 2.85 bits per heavy atom. The molecule has 6 rings (SSSR count). The van der Waals surface area contributed by atoms with Gasteiger partial charge in [-0.25, -0.2) is 15.0 Å². The van der Waals surface area contributed by atoms with Crippen molar-refractivity contribution >= 4 is 23.2 Å². The first-order valence-electron chi connectivity index (χ1n) is 10.9. The predicted octanol–water partition coefficient (Wildman–Crippen LogP) is 2.82. The Balaban J connectivity index is 1.30. The van der Waals surface area contributed by atoms with Gasteiger partial charge in [0.2, 0.25) is 11.8 Å². The van der Waals surface area contributed by atoms with E-state index in [0.717, 1.165) is 52.9 Å². The molecule has 11 heteroatoms. The SMILES string of the molecule is COc1ccc(C[C@@H]2CNc3cc(-c4ccnc(Nc5ccnn5C)n4)cc4nnc2n34)cn1. The molecule has 1 aliphatic rings. The van der Waals surface area contributed by atoms with Crippen molar-refractivity contribution in [3.05, 3.63) is 66.4 Å². The lowest BCUT2D eigenvalue weighted by Crippen LogP contribution is -2.24. The monoisotopic (exact) mass is 454 g/mol. The highest BCUT2D eigenvalue weighted by molar-refractivity contribution is 5.71. The maximum absolute atomic E-state index is 5.16. The molecule has 0 aromatic carbocycles. The molecule has 34 heavy (non-hydrogen) atoms. The van der Waals surface area contributed by atoms with E-state index in [9.17, 15) is 0 Å². The average Bonchev–Trinajstić information content (AvgIpc) is 3.48. The Bertz CT molecular complexity index is 1470. The first-order chi connectivity index (χ1) is 16.7. The van der Waals surface area contributed by atoms with E-state index < -0.39 is 0 Å². The molecular weight excluding hydrogens is 432 g/mol. The van der Waals surface area contributed by atoms with Gasteiger partial charge in [0.05, 0.1) is 19.0 Å². The molecular formula is C23H22N10O. The van der Waals surface area contributed by atoms with Gasteiger partial charge in [0.15, 0.2) is 5.65 Å². The van der Waals surface area contributed by atoms with Gasteiger partial charge in [-0.2, -0.15) is 5.10 Å². The summed E-state index contributed by atoms with van der Waals surface area (Å²) in [5.41, 5.74) is 3.62. The Morgan fingerprint density at radius 1 is 1.12 bits per heavy atom. The number of nitrogens with one attached hydrogen (secondary N) is 2. The number of ether oxygens (including phenoxy) is 1. The summed E-state index contributed by atoms with van der Waals surface area (Å²) in [4.78, 5) is 13.3. The zero-order chi connectivity index (χ0) is 23.1. The van der Waals surface area contributed by atoms with Gasteiger partial charge >= 0.3 is 0 Å². The second-order valence-electron chi connectivity index (χ2n) is 8.10. The number of nitrogens with zero attached hydrogens (tertiary/aromatic N) is 8. The van der Waals surface area contributed by atoms with E-state index in [-0.39, 0.29) is 5.92 Å². The molecule has 1 aliphatic heterocycles.